The molecule has 1 aromatic heterocycles. The first-order valence-corrected chi connectivity index (χ1v) is 10.6. The molecule has 4 rings (SSSR count). The number of nitrogens with zero attached hydrogens (tertiary/aromatic N) is 3. The summed E-state index contributed by atoms with van der Waals surface area (Å²) in [6.45, 7) is 0.439. The van der Waals surface area contributed by atoms with Crippen molar-refractivity contribution < 1.29 is 4.79 Å². The van der Waals surface area contributed by atoms with E-state index in [1.54, 1.807) is 17.3 Å². The van der Waals surface area contributed by atoms with Gasteiger partial charge in [-0.25, -0.2) is 4.99 Å². The maximum absolute atomic E-state index is 13.2. The molecule has 1 aliphatic heterocycles. The van der Waals surface area contributed by atoms with Crippen molar-refractivity contribution in [1.82, 2.24) is 9.88 Å². The van der Waals surface area contributed by atoms with Gasteiger partial charge in [0.25, 0.3) is 5.91 Å². The highest BCUT2D eigenvalue weighted by Gasteiger charge is 2.33. The fourth-order valence-electron chi connectivity index (χ4n) is 2.75. The van der Waals surface area contributed by atoms with Crippen LogP contribution >= 0.6 is 34.4 Å². The SMILES string of the molecule is O=C1/C(=C/c2ccccc2I)SC(=Nc2ccccc2)N1Cc1cccnc1. The fourth-order valence-corrected chi connectivity index (χ4v) is 4.28. The summed E-state index contributed by atoms with van der Waals surface area (Å²) in [5.74, 6) is -0.0387. The van der Waals surface area contributed by atoms with Crippen LogP contribution in [0.5, 0.6) is 0 Å². The van der Waals surface area contributed by atoms with E-state index in [4.69, 9.17) is 4.99 Å². The largest absolute Gasteiger partial charge is 0.282 e. The zero-order valence-electron chi connectivity index (χ0n) is 14.8. The lowest BCUT2D eigenvalue weighted by Crippen LogP contribution is -2.28. The lowest BCUT2D eigenvalue weighted by Gasteiger charge is -2.15. The molecule has 3 aromatic rings. The minimum Gasteiger partial charge on any atom is -0.282 e. The molecule has 2 aromatic carbocycles. The van der Waals surface area contributed by atoms with Crippen molar-refractivity contribution in [2.45, 2.75) is 6.54 Å². The lowest BCUT2D eigenvalue weighted by molar-refractivity contribution is -0.122. The molecule has 6 heteroatoms. The summed E-state index contributed by atoms with van der Waals surface area (Å²) in [5, 5.41) is 0.678. The van der Waals surface area contributed by atoms with Gasteiger partial charge in [0.05, 0.1) is 17.1 Å². The zero-order chi connectivity index (χ0) is 19.3. The number of amidine groups is 1. The molecule has 0 aliphatic carbocycles. The van der Waals surface area contributed by atoms with E-state index in [0.29, 0.717) is 16.6 Å². The van der Waals surface area contributed by atoms with Gasteiger partial charge in [-0.3, -0.25) is 14.7 Å². The number of halogens is 1. The molecule has 4 nitrogen and oxygen atoms in total. The van der Waals surface area contributed by atoms with Gasteiger partial charge in [-0.2, -0.15) is 0 Å². The Bertz CT molecular complexity index is 1050. The third kappa shape index (κ3) is 4.34. The number of para-hydroxylation sites is 1. The summed E-state index contributed by atoms with van der Waals surface area (Å²) < 4.78 is 1.10. The van der Waals surface area contributed by atoms with Crippen LogP contribution in [0, 0.1) is 3.57 Å². The molecule has 0 spiro atoms. The molecule has 1 saturated heterocycles. The maximum Gasteiger partial charge on any atom is 0.267 e. The zero-order valence-corrected chi connectivity index (χ0v) is 17.8. The van der Waals surface area contributed by atoms with Crippen molar-refractivity contribution in [3.05, 3.63) is 98.7 Å². The molecule has 1 aliphatic rings. The number of thioether (sulfide) groups is 1. The van der Waals surface area contributed by atoms with Gasteiger partial charge in [0.1, 0.15) is 0 Å². The van der Waals surface area contributed by atoms with Crippen LogP contribution in [0.25, 0.3) is 6.08 Å². The van der Waals surface area contributed by atoms with Crippen molar-refractivity contribution in [3.63, 3.8) is 0 Å². The molecular weight excluding hydrogens is 481 g/mol. The van der Waals surface area contributed by atoms with Crippen LogP contribution in [0.2, 0.25) is 0 Å². The van der Waals surface area contributed by atoms with Gasteiger partial charge in [-0.1, -0.05) is 42.5 Å². The molecular formula is C22H16IN3OS. The quantitative estimate of drug-likeness (QED) is 0.354. The average molecular weight is 497 g/mol. The molecule has 28 heavy (non-hydrogen) atoms. The summed E-state index contributed by atoms with van der Waals surface area (Å²) >= 11 is 3.69. The standard InChI is InChI=1S/C22H16IN3OS/c23-19-11-5-4-8-17(19)13-20-21(27)26(15-16-7-6-12-24-14-16)22(28-20)25-18-9-2-1-3-10-18/h1-14H,15H2/b20-13-,25-22?. The third-order valence-corrected chi connectivity index (χ3v) is 6.11. The van der Waals surface area contributed by atoms with Crippen LogP contribution in [-0.4, -0.2) is 21.0 Å². The topological polar surface area (TPSA) is 45.6 Å². The number of aromatic nitrogens is 1. The number of hydrogen-bond acceptors (Lipinski definition) is 4. The van der Waals surface area contributed by atoms with E-state index in [0.717, 1.165) is 20.4 Å². The number of aliphatic imine (C=N–C) groups is 1. The van der Waals surface area contributed by atoms with Crippen LogP contribution in [0.15, 0.2) is 89.0 Å². The first-order valence-electron chi connectivity index (χ1n) is 8.69. The first-order chi connectivity index (χ1) is 13.7. The normalized spacial score (nSPS) is 16.9. The van der Waals surface area contributed by atoms with E-state index in [2.05, 4.69) is 27.6 Å². The highest BCUT2D eigenvalue weighted by atomic mass is 127. The third-order valence-electron chi connectivity index (χ3n) is 4.12. The highest BCUT2D eigenvalue weighted by Crippen LogP contribution is 2.35. The van der Waals surface area contributed by atoms with E-state index in [1.807, 2.05) is 72.8 Å². The summed E-state index contributed by atoms with van der Waals surface area (Å²) in [7, 11) is 0. The first kappa shape index (κ1) is 18.9. The Balaban J connectivity index is 1.71. The van der Waals surface area contributed by atoms with E-state index in [1.165, 1.54) is 11.8 Å². The second kappa shape index (κ2) is 8.70. The van der Waals surface area contributed by atoms with Crippen molar-refractivity contribution in [2.75, 3.05) is 0 Å². The Morgan fingerprint density at radius 3 is 2.57 bits per heavy atom. The van der Waals surface area contributed by atoms with Gasteiger partial charge in [0.15, 0.2) is 5.17 Å². The number of carbonyl (C=O) groups is 1. The second-order valence-corrected chi connectivity index (χ2v) is 8.29. The molecule has 0 bridgehead atoms. The maximum atomic E-state index is 13.2. The Morgan fingerprint density at radius 1 is 1.04 bits per heavy atom. The van der Waals surface area contributed by atoms with Crippen molar-refractivity contribution in [2.24, 2.45) is 4.99 Å². The molecule has 1 fully saturated rings. The smallest absolute Gasteiger partial charge is 0.267 e. The highest BCUT2D eigenvalue weighted by molar-refractivity contribution is 14.1. The molecule has 0 atom stereocenters. The van der Waals surface area contributed by atoms with Gasteiger partial charge in [-0.05, 0) is 75.8 Å². The predicted molar refractivity (Wildman–Crippen MR) is 123 cm³/mol. The number of amides is 1. The van der Waals surface area contributed by atoms with Crippen molar-refractivity contribution >= 4 is 57.2 Å². The van der Waals surface area contributed by atoms with Gasteiger partial charge >= 0.3 is 0 Å². The van der Waals surface area contributed by atoms with Crippen LogP contribution in [0.3, 0.4) is 0 Å². The second-order valence-electron chi connectivity index (χ2n) is 6.11. The fraction of sp³-hybridized carbons (Fsp3) is 0.0455. The monoisotopic (exact) mass is 497 g/mol. The summed E-state index contributed by atoms with van der Waals surface area (Å²) in [6, 6.07) is 21.5. The Hall–Kier alpha value is -2.45. The Kier molecular flexibility index (Phi) is 5.87. The number of pyridine rings is 1. The van der Waals surface area contributed by atoms with E-state index < -0.39 is 0 Å². The van der Waals surface area contributed by atoms with E-state index in [-0.39, 0.29) is 5.91 Å². The molecule has 0 N–H and O–H groups in total. The average Bonchev–Trinajstić information content (AvgIpc) is 3.00. The molecule has 0 radical (unpaired) electrons. The van der Waals surface area contributed by atoms with Gasteiger partial charge in [-0.15, -0.1) is 0 Å². The number of hydrogen-bond donors (Lipinski definition) is 0. The Labute approximate surface area is 181 Å². The lowest BCUT2D eigenvalue weighted by atomic mass is 10.2. The van der Waals surface area contributed by atoms with Crippen LogP contribution in [0.4, 0.5) is 5.69 Å². The van der Waals surface area contributed by atoms with E-state index in [9.17, 15) is 4.79 Å². The molecule has 0 unspecified atom stereocenters. The minimum atomic E-state index is -0.0387. The summed E-state index contributed by atoms with van der Waals surface area (Å²) in [5.41, 5.74) is 2.82. The van der Waals surface area contributed by atoms with Crippen molar-refractivity contribution in [3.8, 4) is 0 Å². The van der Waals surface area contributed by atoms with Gasteiger partial charge in [0.2, 0.25) is 0 Å². The van der Waals surface area contributed by atoms with E-state index >= 15 is 0 Å². The summed E-state index contributed by atoms with van der Waals surface area (Å²) in [6.07, 6.45) is 5.45. The number of benzene rings is 2. The molecule has 0 saturated carbocycles. The summed E-state index contributed by atoms with van der Waals surface area (Å²) in [4.78, 5) is 24.4. The minimum absolute atomic E-state index is 0.0387. The number of carbonyl (C=O) groups excluding carboxylic acids is 1. The Morgan fingerprint density at radius 2 is 1.82 bits per heavy atom. The molecule has 138 valence electrons. The van der Waals surface area contributed by atoms with Crippen LogP contribution < -0.4 is 0 Å². The van der Waals surface area contributed by atoms with Crippen LogP contribution in [-0.2, 0) is 11.3 Å². The van der Waals surface area contributed by atoms with Gasteiger partial charge in [0, 0.05) is 16.0 Å². The molecule has 1 amide bonds. The van der Waals surface area contributed by atoms with Crippen LogP contribution in [0.1, 0.15) is 11.1 Å². The number of rotatable bonds is 4. The predicted octanol–water partition coefficient (Wildman–Crippen LogP) is 5.49. The van der Waals surface area contributed by atoms with Crippen molar-refractivity contribution in [1.29, 1.82) is 0 Å². The van der Waals surface area contributed by atoms with Gasteiger partial charge < -0.3 is 0 Å². The molecule has 2 heterocycles.